The summed E-state index contributed by atoms with van der Waals surface area (Å²) in [6.07, 6.45) is 3.17. The van der Waals surface area contributed by atoms with E-state index in [4.69, 9.17) is 4.74 Å². The van der Waals surface area contributed by atoms with E-state index in [0.717, 1.165) is 16.6 Å². The third-order valence-corrected chi connectivity index (χ3v) is 4.50. The number of ether oxygens (including phenoxy) is 1. The molecule has 0 amide bonds. The van der Waals surface area contributed by atoms with E-state index in [0.29, 0.717) is 17.0 Å². The Bertz CT molecular complexity index is 1250. The SMILES string of the molecule is Cc1nn(-c2ccc3c(c2)c(C#N)nn3C(C)C)cc1C(=O)Oc1ccccn1. The number of benzene rings is 1. The van der Waals surface area contributed by atoms with Gasteiger partial charge in [-0.1, -0.05) is 6.07 Å². The fourth-order valence-corrected chi connectivity index (χ4v) is 3.10. The highest BCUT2D eigenvalue weighted by molar-refractivity contribution is 5.92. The van der Waals surface area contributed by atoms with Crippen LogP contribution in [0.25, 0.3) is 16.6 Å². The Labute approximate surface area is 167 Å². The van der Waals surface area contributed by atoms with Gasteiger partial charge >= 0.3 is 5.97 Å². The van der Waals surface area contributed by atoms with E-state index >= 15 is 0 Å². The average Bonchev–Trinajstić information content (AvgIpc) is 3.29. The third-order valence-electron chi connectivity index (χ3n) is 4.50. The van der Waals surface area contributed by atoms with Gasteiger partial charge in [0.1, 0.15) is 11.6 Å². The summed E-state index contributed by atoms with van der Waals surface area (Å²) in [6.45, 7) is 5.76. The average molecular weight is 386 g/mol. The molecule has 0 radical (unpaired) electrons. The van der Waals surface area contributed by atoms with Crippen molar-refractivity contribution in [2.75, 3.05) is 0 Å². The molecule has 0 aliphatic carbocycles. The zero-order chi connectivity index (χ0) is 20.5. The van der Waals surface area contributed by atoms with Gasteiger partial charge in [0.15, 0.2) is 5.69 Å². The molecular weight excluding hydrogens is 368 g/mol. The fourth-order valence-electron chi connectivity index (χ4n) is 3.10. The van der Waals surface area contributed by atoms with Gasteiger partial charge in [0.05, 0.1) is 16.9 Å². The third kappa shape index (κ3) is 3.34. The van der Waals surface area contributed by atoms with Crippen LogP contribution in [-0.4, -0.2) is 30.5 Å². The minimum absolute atomic E-state index is 0.130. The molecule has 3 aromatic heterocycles. The lowest BCUT2D eigenvalue weighted by atomic mass is 10.2. The van der Waals surface area contributed by atoms with Crippen LogP contribution in [0.15, 0.2) is 48.8 Å². The molecule has 0 saturated heterocycles. The Morgan fingerprint density at radius 1 is 1.21 bits per heavy atom. The van der Waals surface area contributed by atoms with Crippen molar-refractivity contribution in [3.8, 4) is 17.6 Å². The lowest BCUT2D eigenvalue weighted by molar-refractivity contribution is 0.0727. The maximum absolute atomic E-state index is 12.5. The number of pyridine rings is 1. The number of carbonyl (C=O) groups excluding carboxylic acids is 1. The minimum Gasteiger partial charge on any atom is -0.404 e. The molecule has 4 rings (SSSR count). The molecule has 29 heavy (non-hydrogen) atoms. The first-order chi connectivity index (χ1) is 14.0. The van der Waals surface area contributed by atoms with Gasteiger partial charge in [-0.2, -0.15) is 15.5 Å². The molecular formula is C21H18N6O2. The largest absolute Gasteiger partial charge is 0.404 e. The van der Waals surface area contributed by atoms with Crippen molar-refractivity contribution in [3.63, 3.8) is 0 Å². The summed E-state index contributed by atoms with van der Waals surface area (Å²) in [5, 5.41) is 19.0. The van der Waals surface area contributed by atoms with Crippen molar-refractivity contribution in [1.82, 2.24) is 24.5 Å². The standard InChI is InChI=1S/C21H18N6O2/c1-13(2)27-19-8-7-15(10-16(19)18(11-22)25-27)26-12-17(14(3)24-26)21(28)29-20-6-4-5-9-23-20/h4-10,12-13H,1-3H3. The quantitative estimate of drug-likeness (QED) is 0.497. The van der Waals surface area contributed by atoms with Crippen LogP contribution < -0.4 is 4.74 Å². The Hall–Kier alpha value is -3.99. The summed E-state index contributed by atoms with van der Waals surface area (Å²) in [4.78, 5) is 16.5. The Kier molecular flexibility index (Phi) is 4.56. The van der Waals surface area contributed by atoms with Crippen LogP contribution in [0.1, 0.15) is 41.6 Å². The second kappa shape index (κ2) is 7.20. The molecule has 0 atom stereocenters. The number of aromatic nitrogens is 5. The van der Waals surface area contributed by atoms with Gasteiger partial charge < -0.3 is 4.74 Å². The zero-order valence-corrected chi connectivity index (χ0v) is 16.2. The molecule has 144 valence electrons. The fraction of sp³-hybridized carbons (Fsp3) is 0.190. The summed E-state index contributed by atoms with van der Waals surface area (Å²) >= 11 is 0. The number of fused-ring (bicyclic) bond motifs is 1. The normalized spacial score (nSPS) is 11.0. The first-order valence-electron chi connectivity index (χ1n) is 9.10. The number of hydrogen-bond donors (Lipinski definition) is 0. The Morgan fingerprint density at radius 2 is 2.03 bits per heavy atom. The molecule has 1 aromatic carbocycles. The smallest absolute Gasteiger partial charge is 0.348 e. The molecule has 0 unspecified atom stereocenters. The van der Waals surface area contributed by atoms with Crippen LogP contribution in [0, 0.1) is 18.3 Å². The number of esters is 1. The van der Waals surface area contributed by atoms with Gasteiger partial charge in [-0.3, -0.25) is 4.68 Å². The van der Waals surface area contributed by atoms with E-state index in [9.17, 15) is 10.1 Å². The number of nitrogens with zero attached hydrogens (tertiary/aromatic N) is 6. The lowest BCUT2D eigenvalue weighted by Gasteiger charge is -2.07. The highest BCUT2D eigenvalue weighted by Gasteiger charge is 2.18. The summed E-state index contributed by atoms with van der Waals surface area (Å²) in [7, 11) is 0. The first kappa shape index (κ1) is 18.4. The summed E-state index contributed by atoms with van der Waals surface area (Å²) < 4.78 is 8.72. The number of rotatable bonds is 4. The monoisotopic (exact) mass is 386 g/mol. The highest BCUT2D eigenvalue weighted by Crippen LogP contribution is 2.25. The molecule has 0 bridgehead atoms. The van der Waals surface area contributed by atoms with Crippen LogP contribution in [-0.2, 0) is 0 Å². The lowest BCUT2D eigenvalue weighted by Crippen LogP contribution is -2.09. The summed E-state index contributed by atoms with van der Waals surface area (Å²) in [6, 6.07) is 13.0. The molecule has 0 aliphatic rings. The molecule has 0 spiro atoms. The maximum atomic E-state index is 12.5. The van der Waals surface area contributed by atoms with Crippen LogP contribution >= 0.6 is 0 Å². The Balaban J connectivity index is 1.71. The van der Waals surface area contributed by atoms with Crippen molar-refractivity contribution < 1.29 is 9.53 Å². The topological polar surface area (TPSA) is 98.6 Å². The second-order valence-electron chi connectivity index (χ2n) is 6.83. The maximum Gasteiger partial charge on any atom is 0.348 e. The summed E-state index contributed by atoms with van der Waals surface area (Å²) in [5.74, 6) is -0.301. The van der Waals surface area contributed by atoms with Crippen molar-refractivity contribution in [2.24, 2.45) is 0 Å². The molecule has 8 nitrogen and oxygen atoms in total. The second-order valence-corrected chi connectivity index (χ2v) is 6.83. The minimum atomic E-state index is -0.529. The molecule has 4 aromatic rings. The van der Waals surface area contributed by atoms with Crippen molar-refractivity contribution in [1.29, 1.82) is 5.26 Å². The summed E-state index contributed by atoms with van der Waals surface area (Å²) in [5.41, 5.74) is 2.82. The van der Waals surface area contributed by atoms with E-state index in [-0.39, 0.29) is 11.9 Å². The van der Waals surface area contributed by atoms with Gasteiger partial charge in [0.25, 0.3) is 0 Å². The highest BCUT2D eigenvalue weighted by atomic mass is 16.5. The molecule has 0 fully saturated rings. The molecule has 0 saturated carbocycles. The van der Waals surface area contributed by atoms with E-state index in [1.54, 1.807) is 42.2 Å². The van der Waals surface area contributed by atoms with E-state index in [2.05, 4.69) is 21.3 Å². The van der Waals surface area contributed by atoms with Gasteiger partial charge in [-0.15, -0.1) is 0 Å². The van der Waals surface area contributed by atoms with E-state index in [1.165, 1.54) is 0 Å². The van der Waals surface area contributed by atoms with Gasteiger partial charge in [0.2, 0.25) is 5.88 Å². The van der Waals surface area contributed by atoms with Crippen molar-refractivity contribution in [2.45, 2.75) is 26.8 Å². The van der Waals surface area contributed by atoms with Crippen LogP contribution in [0.3, 0.4) is 0 Å². The molecule has 0 aliphatic heterocycles. The molecule has 3 heterocycles. The number of hydrogen-bond acceptors (Lipinski definition) is 6. The van der Waals surface area contributed by atoms with Crippen LogP contribution in [0.5, 0.6) is 5.88 Å². The predicted octanol–water partition coefficient (Wildman–Crippen LogP) is 3.60. The van der Waals surface area contributed by atoms with Gasteiger partial charge in [-0.25, -0.2) is 14.5 Å². The molecule has 0 N–H and O–H groups in total. The van der Waals surface area contributed by atoms with E-state index < -0.39 is 5.97 Å². The first-order valence-corrected chi connectivity index (χ1v) is 9.10. The van der Waals surface area contributed by atoms with Crippen molar-refractivity contribution >= 4 is 16.9 Å². The van der Waals surface area contributed by atoms with Gasteiger partial charge in [-0.05, 0) is 45.0 Å². The van der Waals surface area contributed by atoms with Crippen LogP contribution in [0.4, 0.5) is 0 Å². The number of carbonyl (C=O) groups is 1. The van der Waals surface area contributed by atoms with Gasteiger partial charge in [0, 0.05) is 29.9 Å². The Morgan fingerprint density at radius 3 is 2.72 bits per heavy atom. The van der Waals surface area contributed by atoms with Crippen LogP contribution in [0.2, 0.25) is 0 Å². The zero-order valence-electron chi connectivity index (χ0n) is 16.2. The molecule has 8 heteroatoms. The number of nitriles is 1. The van der Waals surface area contributed by atoms with E-state index in [1.807, 2.05) is 36.7 Å². The number of aryl methyl sites for hydroxylation is 1. The van der Waals surface area contributed by atoms with Crippen molar-refractivity contribution in [3.05, 3.63) is 65.7 Å². The predicted molar refractivity (Wildman–Crippen MR) is 106 cm³/mol.